The maximum Gasteiger partial charge on any atom is 0.243 e. The summed E-state index contributed by atoms with van der Waals surface area (Å²) in [4.78, 5) is 0.285. The molecule has 1 fully saturated rings. The van der Waals surface area contributed by atoms with Crippen molar-refractivity contribution < 1.29 is 18.3 Å². The van der Waals surface area contributed by atoms with E-state index in [4.69, 9.17) is 4.74 Å². The van der Waals surface area contributed by atoms with Crippen molar-refractivity contribution in [3.8, 4) is 5.75 Å². The molecule has 6 heteroatoms. The van der Waals surface area contributed by atoms with Crippen molar-refractivity contribution in [2.24, 2.45) is 5.92 Å². The number of aliphatic hydroxyl groups is 1. The SMILES string of the molecule is CC(C)C1(O)CN(S(=O)(=O)c2ccc3c(c2)CCO3)C1. The number of hydrogen-bond donors (Lipinski definition) is 1. The van der Waals surface area contributed by atoms with E-state index in [1.54, 1.807) is 18.2 Å². The Kier molecular flexibility index (Phi) is 3.08. The molecule has 0 radical (unpaired) electrons. The first kappa shape index (κ1) is 13.9. The first-order valence-electron chi connectivity index (χ1n) is 6.81. The number of sulfonamides is 1. The van der Waals surface area contributed by atoms with Gasteiger partial charge in [0.1, 0.15) is 5.75 Å². The second kappa shape index (κ2) is 4.44. The molecule has 20 heavy (non-hydrogen) atoms. The summed E-state index contributed by atoms with van der Waals surface area (Å²) in [5.74, 6) is 0.814. The predicted molar refractivity (Wildman–Crippen MR) is 74.2 cm³/mol. The first-order chi connectivity index (χ1) is 9.33. The number of nitrogens with zero attached hydrogens (tertiary/aromatic N) is 1. The van der Waals surface area contributed by atoms with Crippen molar-refractivity contribution in [3.63, 3.8) is 0 Å². The molecule has 0 bridgehead atoms. The molecule has 1 aromatic carbocycles. The third kappa shape index (κ3) is 2.03. The third-order valence-electron chi connectivity index (χ3n) is 4.27. The average molecular weight is 297 g/mol. The van der Waals surface area contributed by atoms with E-state index in [-0.39, 0.29) is 23.9 Å². The normalized spacial score (nSPS) is 21.4. The molecule has 2 heterocycles. The zero-order valence-electron chi connectivity index (χ0n) is 11.7. The van der Waals surface area contributed by atoms with Crippen molar-refractivity contribution in [2.75, 3.05) is 19.7 Å². The summed E-state index contributed by atoms with van der Waals surface area (Å²) in [6, 6.07) is 4.97. The van der Waals surface area contributed by atoms with Gasteiger partial charge in [0.15, 0.2) is 0 Å². The lowest BCUT2D eigenvalue weighted by molar-refractivity contribution is -0.0932. The van der Waals surface area contributed by atoms with Gasteiger partial charge in [-0.1, -0.05) is 13.8 Å². The molecular weight excluding hydrogens is 278 g/mol. The lowest BCUT2D eigenvalue weighted by atomic mass is 9.85. The van der Waals surface area contributed by atoms with Gasteiger partial charge in [-0.25, -0.2) is 8.42 Å². The molecule has 110 valence electrons. The number of fused-ring (bicyclic) bond motifs is 1. The van der Waals surface area contributed by atoms with Crippen LogP contribution in [0.15, 0.2) is 23.1 Å². The van der Waals surface area contributed by atoms with E-state index in [1.807, 2.05) is 13.8 Å². The molecule has 5 nitrogen and oxygen atoms in total. The minimum absolute atomic E-state index is 0.0439. The molecule has 0 unspecified atom stereocenters. The lowest BCUT2D eigenvalue weighted by Crippen LogP contribution is -2.65. The molecule has 0 aliphatic carbocycles. The van der Waals surface area contributed by atoms with Crippen LogP contribution < -0.4 is 4.74 Å². The van der Waals surface area contributed by atoms with Crippen LogP contribution in [-0.4, -0.2) is 43.1 Å². The van der Waals surface area contributed by atoms with Crippen molar-refractivity contribution in [2.45, 2.75) is 30.8 Å². The van der Waals surface area contributed by atoms with Crippen LogP contribution in [-0.2, 0) is 16.4 Å². The third-order valence-corrected chi connectivity index (χ3v) is 6.06. The van der Waals surface area contributed by atoms with Gasteiger partial charge in [0.2, 0.25) is 10.0 Å². The van der Waals surface area contributed by atoms with E-state index < -0.39 is 15.6 Å². The largest absolute Gasteiger partial charge is 0.493 e. The Morgan fingerprint density at radius 3 is 2.70 bits per heavy atom. The van der Waals surface area contributed by atoms with E-state index in [0.717, 1.165) is 17.7 Å². The quantitative estimate of drug-likeness (QED) is 0.904. The van der Waals surface area contributed by atoms with Crippen molar-refractivity contribution in [3.05, 3.63) is 23.8 Å². The van der Waals surface area contributed by atoms with Gasteiger partial charge in [-0.2, -0.15) is 4.31 Å². The van der Waals surface area contributed by atoms with Crippen LogP contribution in [0.4, 0.5) is 0 Å². The van der Waals surface area contributed by atoms with Crippen LogP contribution >= 0.6 is 0 Å². The molecule has 2 aliphatic rings. The molecule has 0 saturated carbocycles. The number of β-amino-alcohol motifs (C(OH)–C–C–N with tert-alkyl or cyclic N) is 1. The van der Waals surface area contributed by atoms with E-state index >= 15 is 0 Å². The van der Waals surface area contributed by atoms with Crippen LogP contribution in [0, 0.1) is 5.92 Å². The molecule has 0 spiro atoms. The molecule has 1 aromatic rings. The number of benzene rings is 1. The zero-order chi connectivity index (χ0) is 14.5. The summed E-state index contributed by atoms with van der Waals surface area (Å²) in [6.07, 6.45) is 0.745. The summed E-state index contributed by atoms with van der Waals surface area (Å²) >= 11 is 0. The lowest BCUT2D eigenvalue weighted by Gasteiger charge is -2.47. The summed E-state index contributed by atoms with van der Waals surface area (Å²) in [5, 5.41) is 10.2. The Labute approximate surface area is 119 Å². The van der Waals surface area contributed by atoms with E-state index in [0.29, 0.717) is 6.61 Å². The van der Waals surface area contributed by atoms with Gasteiger partial charge < -0.3 is 9.84 Å². The molecule has 0 atom stereocenters. The van der Waals surface area contributed by atoms with Crippen LogP contribution in [0.5, 0.6) is 5.75 Å². The highest BCUT2D eigenvalue weighted by Gasteiger charge is 2.49. The zero-order valence-corrected chi connectivity index (χ0v) is 12.5. The van der Waals surface area contributed by atoms with Gasteiger partial charge in [-0.15, -0.1) is 0 Å². The molecule has 0 amide bonds. The maximum absolute atomic E-state index is 12.5. The summed E-state index contributed by atoms with van der Waals surface area (Å²) in [5.41, 5.74) is 0.0399. The Bertz CT molecular complexity index is 633. The summed E-state index contributed by atoms with van der Waals surface area (Å²) in [7, 11) is -3.51. The van der Waals surface area contributed by atoms with Crippen LogP contribution in [0.1, 0.15) is 19.4 Å². The molecule has 1 saturated heterocycles. The number of rotatable bonds is 3. The van der Waals surface area contributed by atoms with Crippen LogP contribution in [0.2, 0.25) is 0 Å². The number of hydrogen-bond acceptors (Lipinski definition) is 4. The fourth-order valence-electron chi connectivity index (χ4n) is 2.57. The molecule has 3 rings (SSSR count). The predicted octanol–water partition coefficient (Wildman–Crippen LogP) is 1.01. The Balaban J connectivity index is 1.84. The van der Waals surface area contributed by atoms with Crippen molar-refractivity contribution in [1.29, 1.82) is 0 Å². The van der Waals surface area contributed by atoms with Gasteiger partial charge in [-0.3, -0.25) is 0 Å². The van der Waals surface area contributed by atoms with Crippen molar-refractivity contribution >= 4 is 10.0 Å². The highest BCUT2D eigenvalue weighted by atomic mass is 32.2. The highest BCUT2D eigenvalue weighted by molar-refractivity contribution is 7.89. The summed E-state index contributed by atoms with van der Waals surface area (Å²) in [6.45, 7) is 4.74. The monoisotopic (exact) mass is 297 g/mol. The average Bonchev–Trinajstić information content (AvgIpc) is 2.81. The molecule has 1 N–H and O–H groups in total. The van der Waals surface area contributed by atoms with Crippen molar-refractivity contribution in [1.82, 2.24) is 4.31 Å². The van der Waals surface area contributed by atoms with Crippen LogP contribution in [0.25, 0.3) is 0 Å². The van der Waals surface area contributed by atoms with Gasteiger partial charge in [0.25, 0.3) is 0 Å². The summed E-state index contributed by atoms with van der Waals surface area (Å²) < 4.78 is 31.7. The van der Waals surface area contributed by atoms with E-state index in [2.05, 4.69) is 0 Å². The minimum atomic E-state index is -3.51. The minimum Gasteiger partial charge on any atom is -0.493 e. The van der Waals surface area contributed by atoms with Gasteiger partial charge in [0.05, 0.1) is 17.1 Å². The Hall–Kier alpha value is -1.11. The van der Waals surface area contributed by atoms with Gasteiger partial charge in [0, 0.05) is 19.5 Å². The Morgan fingerprint density at radius 1 is 1.35 bits per heavy atom. The number of ether oxygens (including phenoxy) is 1. The molecule has 2 aliphatic heterocycles. The first-order valence-corrected chi connectivity index (χ1v) is 8.25. The van der Waals surface area contributed by atoms with E-state index in [9.17, 15) is 13.5 Å². The fraction of sp³-hybridized carbons (Fsp3) is 0.571. The van der Waals surface area contributed by atoms with Gasteiger partial charge in [-0.05, 0) is 29.7 Å². The fourth-order valence-corrected chi connectivity index (χ4v) is 4.19. The topological polar surface area (TPSA) is 66.8 Å². The smallest absolute Gasteiger partial charge is 0.243 e. The second-order valence-electron chi connectivity index (χ2n) is 5.90. The van der Waals surface area contributed by atoms with E-state index in [1.165, 1.54) is 4.31 Å². The van der Waals surface area contributed by atoms with Crippen LogP contribution in [0.3, 0.4) is 0 Å². The standard InChI is InChI=1S/C14H19NO4S/c1-10(2)14(16)8-15(9-14)20(17,18)12-3-4-13-11(7-12)5-6-19-13/h3-4,7,10,16H,5-6,8-9H2,1-2H3. The van der Waals surface area contributed by atoms with Gasteiger partial charge >= 0.3 is 0 Å². The maximum atomic E-state index is 12.5. The molecule has 0 aromatic heterocycles. The Morgan fingerprint density at radius 2 is 2.05 bits per heavy atom. The second-order valence-corrected chi connectivity index (χ2v) is 7.84. The molecular formula is C14H19NO4S. The highest BCUT2D eigenvalue weighted by Crippen LogP contribution is 2.35.